The van der Waals surface area contributed by atoms with Gasteiger partial charge in [-0.3, -0.25) is 0 Å². The second-order valence-electron chi connectivity index (χ2n) is 16.9. The van der Waals surface area contributed by atoms with Gasteiger partial charge in [0.05, 0.1) is 12.7 Å². The number of aliphatic hydroxyl groups excluding tert-OH is 4. The van der Waals surface area contributed by atoms with E-state index in [0.29, 0.717) is 36.2 Å². The van der Waals surface area contributed by atoms with Crippen LogP contribution < -0.4 is 0 Å². The first-order valence-corrected chi connectivity index (χ1v) is 16.7. The summed E-state index contributed by atoms with van der Waals surface area (Å²) >= 11 is 0. The molecule has 234 valence electrons. The Morgan fingerprint density at radius 3 is 2.24 bits per heavy atom. The van der Waals surface area contributed by atoms with Crippen LogP contribution in [-0.2, 0) is 9.47 Å². The van der Waals surface area contributed by atoms with Crippen molar-refractivity contribution in [3.05, 3.63) is 12.2 Å². The van der Waals surface area contributed by atoms with Gasteiger partial charge in [-0.1, -0.05) is 46.8 Å². The average molecular weight is 575 g/mol. The lowest BCUT2D eigenvalue weighted by molar-refractivity contribution is -0.311. The fourth-order valence-electron chi connectivity index (χ4n) is 12.8. The molecular formula is C35H58O6. The normalized spacial score (nSPS) is 56.2. The third-order valence-corrected chi connectivity index (χ3v) is 15.2. The maximum Gasteiger partial charge on any atom is 0.186 e. The maximum atomic E-state index is 10.8. The Kier molecular flexibility index (Phi) is 7.45. The molecule has 5 aliphatic carbocycles. The topological polar surface area (TPSA) is 99.4 Å². The van der Waals surface area contributed by atoms with Crippen molar-refractivity contribution in [3.8, 4) is 0 Å². The fourth-order valence-corrected chi connectivity index (χ4v) is 12.8. The van der Waals surface area contributed by atoms with Gasteiger partial charge in [-0.15, -0.1) is 0 Å². The Hall–Kier alpha value is -0.500. The highest BCUT2D eigenvalue weighted by molar-refractivity contribution is 5.21. The minimum Gasteiger partial charge on any atom is -0.396 e. The van der Waals surface area contributed by atoms with Gasteiger partial charge < -0.3 is 29.9 Å². The van der Waals surface area contributed by atoms with Crippen LogP contribution in [0.4, 0.5) is 0 Å². The van der Waals surface area contributed by atoms with E-state index < -0.39 is 24.6 Å². The van der Waals surface area contributed by atoms with Crippen molar-refractivity contribution in [2.24, 2.45) is 56.7 Å². The molecule has 6 heteroatoms. The summed E-state index contributed by atoms with van der Waals surface area (Å²) in [5, 5.41) is 41.5. The van der Waals surface area contributed by atoms with Crippen LogP contribution >= 0.6 is 0 Å². The first kappa shape index (κ1) is 30.5. The van der Waals surface area contributed by atoms with E-state index in [4.69, 9.17) is 9.47 Å². The monoisotopic (exact) mass is 574 g/mol. The smallest absolute Gasteiger partial charge is 0.186 e. The van der Waals surface area contributed by atoms with E-state index >= 15 is 0 Å². The van der Waals surface area contributed by atoms with Gasteiger partial charge in [0, 0.05) is 6.61 Å². The quantitative estimate of drug-likeness (QED) is 0.263. The molecule has 0 radical (unpaired) electrons. The summed E-state index contributed by atoms with van der Waals surface area (Å²) in [6, 6.07) is 0. The average Bonchev–Trinajstić information content (AvgIpc) is 3.31. The van der Waals surface area contributed by atoms with Crippen LogP contribution in [0.25, 0.3) is 0 Å². The van der Waals surface area contributed by atoms with E-state index in [9.17, 15) is 20.4 Å². The van der Waals surface area contributed by atoms with E-state index in [1.807, 2.05) is 0 Å². The number of ether oxygens (including phenoxy) is 2. The number of allylic oxidation sites excluding steroid dienone is 1. The van der Waals surface area contributed by atoms with Crippen molar-refractivity contribution >= 4 is 0 Å². The van der Waals surface area contributed by atoms with Crippen LogP contribution in [-0.4, -0.2) is 64.3 Å². The predicted molar refractivity (Wildman–Crippen MR) is 159 cm³/mol. The Bertz CT molecular complexity index is 1030. The summed E-state index contributed by atoms with van der Waals surface area (Å²) < 4.78 is 12.1. The van der Waals surface area contributed by atoms with Gasteiger partial charge in [-0.05, 0) is 128 Å². The zero-order valence-corrected chi connectivity index (χ0v) is 26.6. The Labute approximate surface area is 248 Å². The molecule has 14 atom stereocenters. The van der Waals surface area contributed by atoms with Gasteiger partial charge in [0.2, 0.25) is 0 Å². The number of aliphatic hydroxyl groups is 4. The van der Waals surface area contributed by atoms with Crippen LogP contribution in [0, 0.1) is 56.7 Å². The second kappa shape index (κ2) is 10.0. The zero-order valence-electron chi connectivity index (χ0n) is 26.6. The molecule has 0 spiro atoms. The summed E-state index contributed by atoms with van der Waals surface area (Å²) in [5.74, 6) is 2.90. The van der Waals surface area contributed by atoms with Crippen molar-refractivity contribution in [2.75, 3.05) is 13.2 Å². The first-order chi connectivity index (χ1) is 19.2. The van der Waals surface area contributed by atoms with E-state index in [0.717, 1.165) is 25.7 Å². The molecule has 0 bridgehead atoms. The van der Waals surface area contributed by atoms with Crippen molar-refractivity contribution in [1.29, 1.82) is 0 Å². The highest BCUT2D eigenvalue weighted by Crippen LogP contribution is 2.77. The molecule has 6 nitrogen and oxygen atoms in total. The van der Waals surface area contributed by atoms with Crippen molar-refractivity contribution in [2.45, 2.75) is 136 Å². The number of hydrogen-bond acceptors (Lipinski definition) is 6. The molecule has 0 aromatic rings. The standard InChI is InChI=1S/C35H58O6/c1-20(2)21-10-15-35(19-36)17-16-33(6)22(27(21)35)8-9-25-32(5)13-12-26(31(3,4)24(32)11-14-34(25,33)7)41-30-29(39)28(38)23(37)18-40-30/h21-30,36-39H,1,8-19H2,2-7H3/t21-,22+,23-,24-,25+,26-,27+,28-,29+,30-,32-,33+,34+,35+/m0/s1. The second-order valence-corrected chi connectivity index (χ2v) is 16.9. The number of rotatable bonds is 4. The lowest BCUT2D eigenvalue weighted by atomic mass is 9.32. The van der Waals surface area contributed by atoms with Crippen molar-refractivity contribution < 1.29 is 29.9 Å². The van der Waals surface area contributed by atoms with Gasteiger partial charge in [-0.2, -0.15) is 0 Å². The molecule has 1 saturated heterocycles. The lowest BCUT2D eigenvalue weighted by Crippen LogP contribution is -2.67. The number of fused-ring (bicyclic) bond motifs is 7. The molecule has 6 fully saturated rings. The highest BCUT2D eigenvalue weighted by Gasteiger charge is 2.71. The van der Waals surface area contributed by atoms with Crippen LogP contribution in [0.3, 0.4) is 0 Å². The SMILES string of the molecule is C=C(C)[C@@H]1CC[C@]2(CO)CC[C@]3(C)[C@H](CC[C@@H]4[C@@]5(C)CC[C@H](O[C@@H]6OC[C@H](O)[C@H](O)[C@H]6O)C(C)(C)[C@@H]5CC[C@]43C)[C@@H]12. The summed E-state index contributed by atoms with van der Waals surface area (Å²) in [5.41, 5.74) is 2.04. The highest BCUT2D eigenvalue weighted by atomic mass is 16.7. The molecule has 0 aromatic heterocycles. The molecule has 0 aromatic carbocycles. The summed E-state index contributed by atoms with van der Waals surface area (Å²) in [4.78, 5) is 0. The molecule has 1 heterocycles. The lowest BCUT2D eigenvalue weighted by Gasteiger charge is -2.73. The summed E-state index contributed by atoms with van der Waals surface area (Å²) in [6.45, 7) is 19.6. The van der Waals surface area contributed by atoms with Gasteiger partial charge in [0.25, 0.3) is 0 Å². The molecule has 0 unspecified atom stereocenters. The molecular weight excluding hydrogens is 516 g/mol. The molecule has 4 N–H and O–H groups in total. The minimum absolute atomic E-state index is 0.0256. The summed E-state index contributed by atoms with van der Waals surface area (Å²) in [6.07, 6.45) is 7.09. The molecule has 1 aliphatic heterocycles. The van der Waals surface area contributed by atoms with Crippen LogP contribution in [0.15, 0.2) is 12.2 Å². The Morgan fingerprint density at radius 2 is 1.56 bits per heavy atom. The van der Waals surface area contributed by atoms with Crippen molar-refractivity contribution in [3.63, 3.8) is 0 Å². The largest absolute Gasteiger partial charge is 0.396 e. The van der Waals surface area contributed by atoms with Crippen LogP contribution in [0.5, 0.6) is 0 Å². The van der Waals surface area contributed by atoms with Gasteiger partial charge in [0.15, 0.2) is 6.29 Å². The molecule has 6 rings (SSSR count). The molecule has 5 saturated carbocycles. The first-order valence-electron chi connectivity index (χ1n) is 16.7. The van der Waals surface area contributed by atoms with Gasteiger partial charge in [-0.25, -0.2) is 0 Å². The van der Waals surface area contributed by atoms with Crippen molar-refractivity contribution in [1.82, 2.24) is 0 Å². The molecule has 0 amide bonds. The third-order valence-electron chi connectivity index (χ3n) is 15.2. The minimum atomic E-state index is -1.25. The molecule has 6 aliphatic rings. The number of hydrogen-bond donors (Lipinski definition) is 4. The van der Waals surface area contributed by atoms with E-state index in [-0.39, 0.29) is 39.8 Å². The van der Waals surface area contributed by atoms with E-state index in [2.05, 4.69) is 48.1 Å². The molecule has 41 heavy (non-hydrogen) atoms. The summed E-state index contributed by atoms with van der Waals surface area (Å²) in [7, 11) is 0. The predicted octanol–water partition coefficient (Wildman–Crippen LogP) is 5.46. The van der Waals surface area contributed by atoms with Crippen LogP contribution in [0.1, 0.15) is 106 Å². The fraction of sp³-hybridized carbons (Fsp3) is 0.943. The van der Waals surface area contributed by atoms with E-state index in [1.165, 1.54) is 44.1 Å². The van der Waals surface area contributed by atoms with Crippen LogP contribution in [0.2, 0.25) is 0 Å². The van der Waals surface area contributed by atoms with Gasteiger partial charge in [0.1, 0.15) is 18.3 Å². The zero-order chi connectivity index (χ0) is 29.8. The maximum absolute atomic E-state index is 10.8. The third kappa shape index (κ3) is 4.09. The van der Waals surface area contributed by atoms with E-state index in [1.54, 1.807) is 0 Å². The Balaban J connectivity index is 1.27. The van der Waals surface area contributed by atoms with Gasteiger partial charge >= 0.3 is 0 Å². The Morgan fingerprint density at radius 1 is 0.829 bits per heavy atom.